The van der Waals surface area contributed by atoms with Crippen LogP contribution in [0.25, 0.3) is 0 Å². The molecule has 0 aliphatic carbocycles. The Bertz CT molecular complexity index is 749. The van der Waals surface area contributed by atoms with E-state index in [0.29, 0.717) is 23.7 Å². The van der Waals surface area contributed by atoms with Crippen molar-refractivity contribution in [2.75, 3.05) is 23.4 Å². The molecule has 9 heteroatoms. The number of benzene rings is 1. The van der Waals surface area contributed by atoms with E-state index >= 15 is 0 Å². The highest BCUT2D eigenvalue weighted by Gasteiger charge is 2.14. The van der Waals surface area contributed by atoms with Gasteiger partial charge in [-0.1, -0.05) is 67.8 Å². The highest BCUT2D eigenvalue weighted by molar-refractivity contribution is 8.03. The maximum Gasteiger partial charge on any atom is 0.253 e. The molecule has 0 saturated carbocycles. The minimum atomic E-state index is -0.187. The lowest BCUT2D eigenvalue weighted by Crippen LogP contribution is -2.28. The highest BCUT2D eigenvalue weighted by Crippen LogP contribution is 2.28. The Morgan fingerprint density at radius 1 is 1.15 bits per heavy atom. The Morgan fingerprint density at radius 3 is 2.54 bits per heavy atom. The van der Waals surface area contributed by atoms with E-state index in [1.807, 2.05) is 13.8 Å². The van der Waals surface area contributed by atoms with Crippen LogP contribution in [0, 0.1) is 5.92 Å². The van der Waals surface area contributed by atoms with Crippen LogP contribution >= 0.6 is 34.9 Å². The lowest BCUT2D eigenvalue weighted by molar-refractivity contribution is -0.113. The first-order valence-electron chi connectivity index (χ1n) is 8.25. The van der Waals surface area contributed by atoms with Crippen LogP contribution in [-0.4, -0.2) is 40.1 Å². The molecule has 2 aromatic rings. The third kappa shape index (κ3) is 6.62. The topological polar surface area (TPSA) is 84.0 Å². The first-order chi connectivity index (χ1) is 12.5. The summed E-state index contributed by atoms with van der Waals surface area (Å²) in [5.74, 6) is 1.15. The van der Waals surface area contributed by atoms with Gasteiger partial charge in [-0.25, -0.2) is 0 Å². The molecular formula is C17H22N4O2S3. The quantitative estimate of drug-likeness (QED) is 0.612. The molecule has 0 fully saturated rings. The number of para-hydroxylation sites is 1. The Labute approximate surface area is 165 Å². The third-order valence-corrected chi connectivity index (χ3v) is 6.17. The van der Waals surface area contributed by atoms with E-state index in [0.717, 1.165) is 14.4 Å². The normalized spacial score (nSPS) is 10.8. The zero-order valence-electron chi connectivity index (χ0n) is 14.9. The van der Waals surface area contributed by atoms with Crippen molar-refractivity contribution >= 4 is 52.4 Å². The maximum absolute atomic E-state index is 12.3. The fraction of sp³-hybridized carbons (Fsp3) is 0.412. The molecule has 2 amide bonds. The van der Waals surface area contributed by atoms with Gasteiger partial charge in [0.1, 0.15) is 0 Å². The van der Waals surface area contributed by atoms with Gasteiger partial charge in [0.15, 0.2) is 8.68 Å². The lowest BCUT2D eigenvalue weighted by atomic mass is 10.1. The van der Waals surface area contributed by atoms with Crippen molar-refractivity contribution in [1.29, 1.82) is 0 Å². The Morgan fingerprint density at radius 2 is 1.85 bits per heavy atom. The molecule has 140 valence electrons. The lowest BCUT2D eigenvalue weighted by Gasteiger charge is -2.12. The van der Waals surface area contributed by atoms with Crippen LogP contribution in [0.2, 0.25) is 0 Å². The first-order valence-corrected chi connectivity index (χ1v) is 11.0. The van der Waals surface area contributed by atoms with Crippen LogP contribution in [-0.2, 0) is 4.79 Å². The second kappa shape index (κ2) is 10.5. The molecule has 2 rings (SSSR count). The maximum atomic E-state index is 12.3. The largest absolute Gasteiger partial charge is 0.352 e. The molecule has 0 spiro atoms. The number of hydrogen-bond donors (Lipinski definition) is 2. The van der Waals surface area contributed by atoms with E-state index in [1.165, 1.54) is 23.1 Å². The van der Waals surface area contributed by atoms with Gasteiger partial charge in [0.25, 0.3) is 5.91 Å². The predicted molar refractivity (Wildman–Crippen MR) is 109 cm³/mol. The number of nitrogens with one attached hydrogen (secondary N) is 2. The molecule has 0 atom stereocenters. The molecule has 2 N–H and O–H groups in total. The number of rotatable bonds is 9. The molecule has 0 aliphatic rings. The fourth-order valence-corrected chi connectivity index (χ4v) is 4.65. The van der Waals surface area contributed by atoms with Gasteiger partial charge in [-0.2, -0.15) is 0 Å². The van der Waals surface area contributed by atoms with Crippen molar-refractivity contribution in [3.8, 4) is 0 Å². The molecular weight excluding hydrogens is 388 g/mol. The Hall–Kier alpha value is -1.58. The number of thioether (sulfide) groups is 2. The number of nitrogens with zero attached hydrogens (tertiary/aromatic N) is 2. The average Bonchev–Trinajstić information content (AvgIpc) is 3.06. The average molecular weight is 411 g/mol. The minimum absolute atomic E-state index is 0.181. The van der Waals surface area contributed by atoms with Gasteiger partial charge in [-0.15, -0.1) is 10.2 Å². The van der Waals surface area contributed by atoms with Crippen LogP contribution in [0.15, 0.2) is 32.9 Å². The van der Waals surface area contributed by atoms with Crippen LogP contribution in [0.1, 0.15) is 31.1 Å². The Kier molecular flexibility index (Phi) is 8.40. The zero-order chi connectivity index (χ0) is 18.9. The second-order valence-corrected chi connectivity index (χ2v) is 9.46. The van der Waals surface area contributed by atoms with Crippen molar-refractivity contribution in [3.05, 3.63) is 29.8 Å². The van der Waals surface area contributed by atoms with Crippen molar-refractivity contribution in [1.82, 2.24) is 15.5 Å². The van der Waals surface area contributed by atoms with Crippen LogP contribution in [0.4, 0.5) is 5.69 Å². The number of carbonyl (C=O) groups is 2. The molecule has 1 aromatic carbocycles. The molecule has 0 aliphatic heterocycles. The molecule has 0 unspecified atom stereocenters. The number of anilines is 1. The number of aromatic nitrogens is 2. The number of hydrogen-bond acceptors (Lipinski definition) is 7. The van der Waals surface area contributed by atoms with E-state index in [4.69, 9.17) is 0 Å². The van der Waals surface area contributed by atoms with Crippen molar-refractivity contribution in [2.45, 2.75) is 29.5 Å². The van der Waals surface area contributed by atoms with E-state index in [-0.39, 0.29) is 17.6 Å². The molecule has 0 radical (unpaired) electrons. The summed E-state index contributed by atoms with van der Waals surface area (Å²) < 4.78 is 1.67. The van der Waals surface area contributed by atoms with Gasteiger partial charge in [-0.05, 0) is 23.8 Å². The Balaban J connectivity index is 1.92. The third-order valence-electron chi connectivity index (χ3n) is 3.10. The van der Waals surface area contributed by atoms with Crippen LogP contribution < -0.4 is 10.6 Å². The molecule has 0 saturated heterocycles. The summed E-state index contributed by atoms with van der Waals surface area (Å²) in [6.07, 6.45) is 0. The van der Waals surface area contributed by atoms with E-state index in [1.54, 1.807) is 36.0 Å². The minimum Gasteiger partial charge on any atom is -0.352 e. The summed E-state index contributed by atoms with van der Waals surface area (Å²) >= 11 is 4.46. The van der Waals surface area contributed by atoms with Gasteiger partial charge in [0, 0.05) is 6.54 Å². The van der Waals surface area contributed by atoms with E-state index in [2.05, 4.69) is 27.8 Å². The van der Waals surface area contributed by atoms with E-state index in [9.17, 15) is 9.59 Å². The van der Waals surface area contributed by atoms with Gasteiger partial charge in [0.05, 0.1) is 17.0 Å². The van der Waals surface area contributed by atoms with Crippen molar-refractivity contribution in [2.24, 2.45) is 5.92 Å². The highest BCUT2D eigenvalue weighted by atomic mass is 32.2. The molecule has 6 nitrogen and oxygen atoms in total. The smallest absolute Gasteiger partial charge is 0.253 e. The molecule has 1 heterocycles. The summed E-state index contributed by atoms with van der Waals surface area (Å²) in [5.41, 5.74) is 0.975. The monoisotopic (exact) mass is 410 g/mol. The molecule has 1 aromatic heterocycles. The molecule has 0 bridgehead atoms. The van der Waals surface area contributed by atoms with E-state index < -0.39 is 0 Å². The summed E-state index contributed by atoms with van der Waals surface area (Å²) in [4.78, 5) is 24.6. The zero-order valence-corrected chi connectivity index (χ0v) is 17.4. The summed E-state index contributed by atoms with van der Waals surface area (Å²) in [6, 6.07) is 7.01. The summed E-state index contributed by atoms with van der Waals surface area (Å²) in [6.45, 7) is 6.71. The van der Waals surface area contributed by atoms with Gasteiger partial charge < -0.3 is 10.6 Å². The predicted octanol–water partition coefficient (Wildman–Crippen LogP) is 3.77. The van der Waals surface area contributed by atoms with Gasteiger partial charge >= 0.3 is 0 Å². The van der Waals surface area contributed by atoms with Crippen molar-refractivity contribution in [3.63, 3.8) is 0 Å². The second-order valence-electron chi connectivity index (χ2n) is 5.75. The van der Waals surface area contributed by atoms with Gasteiger partial charge in [-0.3, -0.25) is 9.59 Å². The standard InChI is InChI=1S/C17H22N4O2S3/c1-4-24-16-20-21-17(26-16)25-10-14(22)19-13-8-6-5-7-12(13)15(23)18-9-11(2)3/h5-8,11H,4,9-10H2,1-3H3,(H,18,23)(H,19,22). The SMILES string of the molecule is CCSc1nnc(SCC(=O)Nc2ccccc2C(=O)NCC(C)C)s1. The number of carbonyl (C=O) groups excluding carboxylic acids is 2. The van der Waals surface area contributed by atoms with Crippen LogP contribution in [0.5, 0.6) is 0 Å². The van der Waals surface area contributed by atoms with Gasteiger partial charge in [0.2, 0.25) is 5.91 Å². The summed E-state index contributed by atoms with van der Waals surface area (Å²) in [7, 11) is 0. The van der Waals surface area contributed by atoms with Crippen molar-refractivity contribution < 1.29 is 9.59 Å². The fourth-order valence-electron chi connectivity index (χ4n) is 1.93. The first kappa shape index (κ1) is 20.7. The number of amides is 2. The summed E-state index contributed by atoms with van der Waals surface area (Å²) in [5, 5.41) is 13.8. The van der Waals surface area contributed by atoms with Crippen LogP contribution in [0.3, 0.4) is 0 Å². The molecule has 26 heavy (non-hydrogen) atoms.